The van der Waals surface area contributed by atoms with Crippen molar-refractivity contribution >= 4 is 38.6 Å². The number of halogens is 1. The van der Waals surface area contributed by atoms with Crippen LogP contribution in [0.15, 0.2) is 22.0 Å². The Bertz CT molecular complexity index is 365. The molecule has 1 aromatic heterocycles. The van der Waals surface area contributed by atoms with E-state index in [0.717, 1.165) is 10.9 Å². The van der Waals surface area contributed by atoms with Crippen LogP contribution in [0.5, 0.6) is 0 Å². The molecule has 0 N–H and O–H groups in total. The molecule has 1 aromatic rings. The molecule has 1 aliphatic carbocycles. The van der Waals surface area contributed by atoms with Crippen LogP contribution in [0, 0.1) is 0 Å². The fourth-order valence-electron chi connectivity index (χ4n) is 1.44. The molecule has 0 fully saturated rings. The number of carbonyl (C=O) groups excluding carboxylic acids is 1. The molecule has 0 aliphatic heterocycles. The van der Waals surface area contributed by atoms with Gasteiger partial charge in [-0.1, -0.05) is 6.08 Å². The number of rotatable bonds is 1. The normalized spacial score (nSPS) is 17.3. The molecule has 0 atom stereocenters. The second-order valence-corrected chi connectivity index (χ2v) is 4.84. The third kappa shape index (κ3) is 1.92. The minimum absolute atomic E-state index is 0.358. The van der Waals surface area contributed by atoms with Crippen molar-refractivity contribution in [2.24, 2.45) is 0 Å². The van der Waals surface area contributed by atoms with Crippen molar-refractivity contribution in [3.05, 3.63) is 26.9 Å². The Balaban J connectivity index is 2.28. The van der Waals surface area contributed by atoms with Gasteiger partial charge in [0.15, 0.2) is 0 Å². The Morgan fingerprint density at radius 1 is 1.38 bits per heavy atom. The summed E-state index contributed by atoms with van der Waals surface area (Å²) in [4.78, 5) is 12.3. The zero-order chi connectivity index (χ0) is 9.26. The van der Waals surface area contributed by atoms with Crippen LogP contribution in [0.4, 0.5) is 0 Å². The maximum absolute atomic E-state index is 11.0. The highest BCUT2D eigenvalue weighted by Gasteiger charge is 2.14. The fourth-order valence-corrected chi connectivity index (χ4v) is 3.14. The first-order valence-corrected chi connectivity index (χ1v) is 5.89. The maximum atomic E-state index is 11.0. The molecule has 1 nitrogen and oxygen atoms in total. The summed E-state index contributed by atoms with van der Waals surface area (Å²) in [6, 6.07) is 2.05. The SMILES string of the molecule is O=C1CC=C(c2sccc2Br)CC1. The molecule has 2 rings (SSSR count). The smallest absolute Gasteiger partial charge is 0.137 e. The van der Waals surface area contributed by atoms with Gasteiger partial charge in [0, 0.05) is 22.2 Å². The van der Waals surface area contributed by atoms with Gasteiger partial charge in [0.1, 0.15) is 5.78 Å². The highest BCUT2D eigenvalue weighted by Crippen LogP contribution is 2.34. The van der Waals surface area contributed by atoms with E-state index in [0.29, 0.717) is 18.6 Å². The molecule has 1 heterocycles. The summed E-state index contributed by atoms with van der Waals surface area (Å²) in [7, 11) is 0. The second-order valence-electron chi connectivity index (χ2n) is 3.07. The summed E-state index contributed by atoms with van der Waals surface area (Å²) in [5, 5.41) is 2.07. The van der Waals surface area contributed by atoms with Crippen LogP contribution in [-0.2, 0) is 4.79 Å². The largest absolute Gasteiger partial charge is 0.299 e. The van der Waals surface area contributed by atoms with Gasteiger partial charge in [0.25, 0.3) is 0 Å². The van der Waals surface area contributed by atoms with Crippen molar-refractivity contribution in [3.8, 4) is 0 Å². The van der Waals surface area contributed by atoms with Crippen LogP contribution in [0.2, 0.25) is 0 Å². The van der Waals surface area contributed by atoms with Gasteiger partial charge in [-0.3, -0.25) is 4.79 Å². The van der Waals surface area contributed by atoms with Gasteiger partial charge in [-0.25, -0.2) is 0 Å². The number of thiophene rings is 1. The highest BCUT2D eigenvalue weighted by molar-refractivity contribution is 9.10. The summed E-state index contributed by atoms with van der Waals surface area (Å²) in [5.74, 6) is 0.358. The van der Waals surface area contributed by atoms with E-state index in [2.05, 4.69) is 33.5 Å². The molecule has 1 aliphatic rings. The van der Waals surface area contributed by atoms with Gasteiger partial charge < -0.3 is 0 Å². The summed E-state index contributed by atoms with van der Waals surface area (Å²) in [6.07, 6.45) is 4.27. The van der Waals surface area contributed by atoms with Crippen molar-refractivity contribution < 1.29 is 4.79 Å². The lowest BCUT2D eigenvalue weighted by atomic mass is 9.97. The van der Waals surface area contributed by atoms with Crippen LogP contribution in [-0.4, -0.2) is 5.78 Å². The van der Waals surface area contributed by atoms with Crippen LogP contribution in [0.3, 0.4) is 0 Å². The Hall–Kier alpha value is -0.410. The Kier molecular flexibility index (Phi) is 2.65. The van der Waals surface area contributed by atoms with E-state index in [1.165, 1.54) is 10.5 Å². The lowest BCUT2D eigenvalue weighted by Crippen LogP contribution is -2.02. The van der Waals surface area contributed by atoms with E-state index in [1.807, 2.05) is 0 Å². The fraction of sp³-hybridized carbons (Fsp3) is 0.300. The molecule has 0 unspecified atom stereocenters. The van der Waals surface area contributed by atoms with Gasteiger partial charge in [0.2, 0.25) is 0 Å². The standard InChI is InChI=1S/C10H9BrOS/c11-9-5-6-13-10(9)7-1-3-8(12)4-2-7/h1,5-6H,2-4H2. The first-order valence-electron chi connectivity index (χ1n) is 4.21. The molecule has 0 amide bonds. The van der Waals surface area contributed by atoms with Crippen LogP contribution >= 0.6 is 27.3 Å². The van der Waals surface area contributed by atoms with Gasteiger partial charge in [-0.2, -0.15) is 0 Å². The predicted molar refractivity (Wildman–Crippen MR) is 58.9 cm³/mol. The lowest BCUT2D eigenvalue weighted by Gasteiger charge is -2.10. The monoisotopic (exact) mass is 256 g/mol. The van der Waals surface area contributed by atoms with Crippen molar-refractivity contribution in [1.82, 2.24) is 0 Å². The van der Waals surface area contributed by atoms with Crippen molar-refractivity contribution in [2.75, 3.05) is 0 Å². The third-order valence-electron chi connectivity index (χ3n) is 2.16. The lowest BCUT2D eigenvalue weighted by molar-refractivity contribution is -0.118. The molecule has 0 bridgehead atoms. The number of hydrogen-bond acceptors (Lipinski definition) is 2. The molecular weight excluding hydrogens is 248 g/mol. The molecule has 0 spiro atoms. The number of carbonyl (C=O) groups is 1. The molecular formula is C10H9BrOS. The summed E-state index contributed by atoms with van der Waals surface area (Å²) >= 11 is 5.23. The predicted octanol–water partition coefficient (Wildman–Crippen LogP) is 3.65. The average Bonchev–Trinajstić information content (AvgIpc) is 2.53. The zero-order valence-corrected chi connectivity index (χ0v) is 9.45. The highest BCUT2D eigenvalue weighted by atomic mass is 79.9. The number of Topliss-reactive ketones (excluding diaryl/α,β-unsaturated/α-hetero) is 1. The van der Waals surface area contributed by atoms with Gasteiger partial charge in [0.05, 0.1) is 0 Å². The molecule has 3 heteroatoms. The summed E-state index contributed by atoms with van der Waals surface area (Å²) < 4.78 is 1.15. The van der Waals surface area contributed by atoms with Crippen LogP contribution in [0.1, 0.15) is 24.1 Å². The topological polar surface area (TPSA) is 17.1 Å². The first kappa shape index (κ1) is 9.16. The summed E-state index contributed by atoms with van der Waals surface area (Å²) in [6.45, 7) is 0. The van der Waals surface area contributed by atoms with E-state index in [4.69, 9.17) is 0 Å². The third-order valence-corrected chi connectivity index (χ3v) is 4.07. The molecule has 68 valence electrons. The van der Waals surface area contributed by atoms with Crippen LogP contribution < -0.4 is 0 Å². The van der Waals surface area contributed by atoms with E-state index >= 15 is 0 Å². The van der Waals surface area contributed by atoms with E-state index < -0.39 is 0 Å². The van der Waals surface area contributed by atoms with Crippen LogP contribution in [0.25, 0.3) is 5.57 Å². The molecule has 0 aromatic carbocycles. The zero-order valence-electron chi connectivity index (χ0n) is 7.05. The Morgan fingerprint density at radius 2 is 2.23 bits per heavy atom. The Labute approximate surface area is 89.6 Å². The molecule has 0 saturated heterocycles. The average molecular weight is 257 g/mol. The number of hydrogen-bond donors (Lipinski definition) is 0. The van der Waals surface area contributed by atoms with Crippen molar-refractivity contribution in [3.63, 3.8) is 0 Å². The van der Waals surface area contributed by atoms with Gasteiger partial charge in [-0.15, -0.1) is 11.3 Å². The minimum Gasteiger partial charge on any atom is -0.299 e. The molecule has 0 saturated carbocycles. The van der Waals surface area contributed by atoms with E-state index in [1.54, 1.807) is 11.3 Å². The van der Waals surface area contributed by atoms with E-state index in [9.17, 15) is 4.79 Å². The quantitative estimate of drug-likeness (QED) is 0.750. The number of allylic oxidation sites excluding steroid dienone is 2. The van der Waals surface area contributed by atoms with Gasteiger partial charge >= 0.3 is 0 Å². The maximum Gasteiger partial charge on any atom is 0.137 e. The second kappa shape index (κ2) is 3.76. The molecule has 13 heavy (non-hydrogen) atoms. The first-order chi connectivity index (χ1) is 6.27. The minimum atomic E-state index is 0.358. The van der Waals surface area contributed by atoms with E-state index in [-0.39, 0.29) is 0 Å². The number of ketones is 1. The van der Waals surface area contributed by atoms with Gasteiger partial charge in [-0.05, 0) is 39.4 Å². The van der Waals surface area contributed by atoms with Crippen molar-refractivity contribution in [2.45, 2.75) is 19.3 Å². The summed E-state index contributed by atoms with van der Waals surface area (Å²) in [5.41, 5.74) is 1.32. The Morgan fingerprint density at radius 3 is 2.77 bits per heavy atom. The van der Waals surface area contributed by atoms with Crippen molar-refractivity contribution in [1.29, 1.82) is 0 Å². The molecule has 0 radical (unpaired) electrons.